The lowest BCUT2D eigenvalue weighted by Crippen LogP contribution is -2.23. The summed E-state index contributed by atoms with van der Waals surface area (Å²) < 4.78 is 31.4. The first kappa shape index (κ1) is 15.6. The van der Waals surface area contributed by atoms with Crippen molar-refractivity contribution >= 4 is 21.7 Å². The van der Waals surface area contributed by atoms with E-state index in [1.165, 1.54) is 6.42 Å². The summed E-state index contributed by atoms with van der Waals surface area (Å²) in [4.78, 5) is 6.56. The van der Waals surface area contributed by atoms with Crippen LogP contribution in [0.1, 0.15) is 31.9 Å². The maximum Gasteiger partial charge on any atom is 0.233 e. The van der Waals surface area contributed by atoms with Gasteiger partial charge < -0.3 is 9.64 Å². The Morgan fingerprint density at radius 3 is 2.68 bits per heavy atom. The van der Waals surface area contributed by atoms with E-state index in [-0.39, 0.29) is 11.9 Å². The van der Waals surface area contributed by atoms with Crippen LogP contribution in [0.2, 0.25) is 0 Å². The number of hydrogen-bond acceptors (Lipinski definition) is 5. The lowest BCUT2D eigenvalue weighted by Gasteiger charge is -2.20. The molecule has 0 radical (unpaired) electrons. The highest BCUT2D eigenvalue weighted by atomic mass is 32.2. The summed E-state index contributed by atoms with van der Waals surface area (Å²) in [6.45, 7) is 5.49. The van der Waals surface area contributed by atoms with Crippen LogP contribution >= 0.6 is 0 Å². The van der Waals surface area contributed by atoms with E-state index in [0.29, 0.717) is 18.3 Å². The molecule has 0 spiro atoms. The Morgan fingerprint density at radius 2 is 2.14 bits per heavy atom. The van der Waals surface area contributed by atoms with Crippen molar-refractivity contribution in [2.24, 2.45) is 11.8 Å². The van der Waals surface area contributed by atoms with Crippen LogP contribution in [-0.4, -0.2) is 39.4 Å². The number of nitrogens with zero attached hydrogens (tertiary/aromatic N) is 2. The molecule has 3 atom stereocenters. The van der Waals surface area contributed by atoms with Crippen molar-refractivity contribution < 1.29 is 13.2 Å². The Kier molecular flexibility index (Phi) is 4.03. The van der Waals surface area contributed by atoms with Crippen molar-refractivity contribution in [1.29, 1.82) is 0 Å². The van der Waals surface area contributed by atoms with Crippen molar-refractivity contribution in [2.45, 2.75) is 26.4 Å². The molecule has 1 N–H and O–H groups in total. The normalized spacial score (nSPS) is 26.6. The van der Waals surface area contributed by atoms with Gasteiger partial charge in [0, 0.05) is 13.6 Å². The Bertz CT molecular complexity index is 658. The van der Waals surface area contributed by atoms with Crippen molar-refractivity contribution in [3.8, 4) is 0 Å². The third-order valence-electron chi connectivity index (χ3n) is 4.35. The second kappa shape index (κ2) is 5.70. The summed E-state index contributed by atoms with van der Waals surface area (Å²) in [5.41, 5.74) is 0.981. The van der Waals surface area contributed by atoms with Gasteiger partial charge in [-0.1, -0.05) is 6.92 Å². The Morgan fingerprint density at radius 1 is 1.45 bits per heavy atom. The zero-order valence-electron chi connectivity index (χ0n) is 13.2. The quantitative estimate of drug-likeness (QED) is 0.776. The maximum absolute atomic E-state index is 11.8. The van der Waals surface area contributed by atoms with Crippen LogP contribution in [0.3, 0.4) is 0 Å². The van der Waals surface area contributed by atoms with Crippen LogP contribution in [0.25, 0.3) is 0 Å². The number of sulfonamides is 1. The van der Waals surface area contributed by atoms with Crippen LogP contribution < -0.4 is 9.62 Å². The van der Waals surface area contributed by atoms with Gasteiger partial charge in [0.25, 0.3) is 0 Å². The van der Waals surface area contributed by atoms with Crippen LogP contribution in [0.15, 0.2) is 12.1 Å². The fourth-order valence-electron chi connectivity index (χ4n) is 2.54. The van der Waals surface area contributed by atoms with Crippen molar-refractivity contribution in [2.75, 3.05) is 35.6 Å². The topological polar surface area (TPSA) is 74.8 Å². The third-order valence-corrected chi connectivity index (χ3v) is 5.64. The minimum atomic E-state index is -3.33. The van der Waals surface area contributed by atoms with Gasteiger partial charge in [0.15, 0.2) is 0 Å². The van der Waals surface area contributed by atoms with Gasteiger partial charge in [-0.3, -0.25) is 4.72 Å². The van der Waals surface area contributed by atoms with E-state index in [2.05, 4.69) is 21.5 Å². The van der Waals surface area contributed by atoms with Gasteiger partial charge in [-0.2, -0.15) is 0 Å². The SMILES string of the molecule is CCS(=O)(=O)Nc1cc(C2CO2)cc(N(C)CC2CC2C)n1. The highest BCUT2D eigenvalue weighted by Crippen LogP contribution is 2.39. The average Bonchev–Trinajstić information content (AvgIpc) is 3.36. The Hall–Kier alpha value is -1.34. The second-order valence-electron chi connectivity index (χ2n) is 6.32. The predicted molar refractivity (Wildman–Crippen MR) is 86.6 cm³/mol. The minimum absolute atomic E-state index is 0.0313. The van der Waals surface area contributed by atoms with E-state index < -0.39 is 10.0 Å². The Balaban J connectivity index is 1.83. The molecule has 0 amide bonds. The van der Waals surface area contributed by atoms with Crippen LogP contribution in [0.4, 0.5) is 11.6 Å². The van der Waals surface area contributed by atoms with E-state index in [1.807, 2.05) is 13.1 Å². The summed E-state index contributed by atoms with van der Waals surface area (Å²) in [6.07, 6.45) is 1.32. The molecule has 3 rings (SSSR count). The fraction of sp³-hybridized carbons (Fsp3) is 0.667. The molecule has 1 aromatic heterocycles. The van der Waals surface area contributed by atoms with Crippen LogP contribution in [-0.2, 0) is 14.8 Å². The number of ether oxygens (including phenoxy) is 1. The van der Waals surface area contributed by atoms with Gasteiger partial charge >= 0.3 is 0 Å². The van der Waals surface area contributed by atoms with Gasteiger partial charge in [0.1, 0.15) is 17.7 Å². The van der Waals surface area contributed by atoms with Crippen LogP contribution in [0.5, 0.6) is 0 Å². The first-order valence-electron chi connectivity index (χ1n) is 7.73. The number of aromatic nitrogens is 1. The number of epoxide rings is 1. The van der Waals surface area contributed by atoms with Crippen molar-refractivity contribution in [3.05, 3.63) is 17.7 Å². The molecule has 2 aliphatic rings. The lowest BCUT2D eigenvalue weighted by molar-refractivity contribution is 0.415. The molecule has 2 fully saturated rings. The molecule has 1 aliphatic heterocycles. The van der Waals surface area contributed by atoms with Crippen molar-refractivity contribution in [3.63, 3.8) is 0 Å². The molecule has 122 valence electrons. The predicted octanol–water partition coefficient (Wildman–Crippen LogP) is 2.01. The zero-order valence-corrected chi connectivity index (χ0v) is 14.1. The largest absolute Gasteiger partial charge is 0.368 e. The van der Waals surface area contributed by atoms with E-state index in [9.17, 15) is 8.42 Å². The smallest absolute Gasteiger partial charge is 0.233 e. The molecule has 1 saturated heterocycles. The summed E-state index contributed by atoms with van der Waals surface area (Å²) in [5, 5.41) is 0. The van der Waals surface area contributed by atoms with E-state index in [0.717, 1.165) is 23.8 Å². The summed E-state index contributed by atoms with van der Waals surface area (Å²) in [6, 6.07) is 3.76. The molecule has 7 heteroatoms. The summed E-state index contributed by atoms with van der Waals surface area (Å²) in [7, 11) is -1.33. The Labute approximate surface area is 131 Å². The number of rotatable bonds is 7. The molecule has 22 heavy (non-hydrogen) atoms. The van der Waals surface area contributed by atoms with Gasteiger partial charge in [0.05, 0.1) is 12.4 Å². The number of nitrogens with one attached hydrogen (secondary N) is 1. The molecule has 1 saturated carbocycles. The molecule has 0 bridgehead atoms. The second-order valence-corrected chi connectivity index (χ2v) is 8.34. The number of pyridine rings is 1. The summed E-state index contributed by atoms with van der Waals surface area (Å²) in [5.74, 6) is 2.68. The molecule has 6 nitrogen and oxygen atoms in total. The average molecular weight is 325 g/mol. The molecule has 1 aliphatic carbocycles. The van der Waals surface area contributed by atoms with Crippen molar-refractivity contribution in [1.82, 2.24) is 4.98 Å². The molecule has 2 heterocycles. The third kappa shape index (κ3) is 3.70. The highest BCUT2D eigenvalue weighted by molar-refractivity contribution is 7.92. The van der Waals surface area contributed by atoms with Gasteiger partial charge in [-0.25, -0.2) is 13.4 Å². The maximum atomic E-state index is 11.8. The molecule has 3 unspecified atom stereocenters. The number of anilines is 2. The first-order valence-corrected chi connectivity index (χ1v) is 9.38. The monoisotopic (exact) mass is 325 g/mol. The summed E-state index contributed by atoms with van der Waals surface area (Å²) >= 11 is 0. The standard InChI is InChI=1S/C15H23N3O3S/c1-4-22(19,20)17-14-6-11(13-9-21-13)7-15(16-14)18(3)8-12-5-10(12)2/h6-7,10,12-13H,4-5,8-9H2,1-3H3,(H,16,17). The molecular formula is C15H23N3O3S. The van der Waals surface area contributed by atoms with E-state index in [1.54, 1.807) is 13.0 Å². The fourth-order valence-corrected chi connectivity index (χ4v) is 3.11. The van der Waals surface area contributed by atoms with Gasteiger partial charge in [-0.15, -0.1) is 0 Å². The molecule has 0 aromatic carbocycles. The van der Waals surface area contributed by atoms with E-state index >= 15 is 0 Å². The number of hydrogen-bond donors (Lipinski definition) is 1. The minimum Gasteiger partial charge on any atom is -0.368 e. The lowest BCUT2D eigenvalue weighted by atomic mass is 10.2. The van der Waals surface area contributed by atoms with Gasteiger partial charge in [-0.05, 0) is 42.9 Å². The molecule has 1 aromatic rings. The van der Waals surface area contributed by atoms with Gasteiger partial charge in [0.2, 0.25) is 10.0 Å². The first-order chi connectivity index (χ1) is 10.4. The highest BCUT2D eigenvalue weighted by Gasteiger charge is 2.34. The van der Waals surface area contributed by atoms with Crippen LogP contribution in [0, 0.1) is 11.8 Å². The molecular weight excluding hydrogens is 302 g/mol. The van der Waals surface area contributed by atoms with E-state index in [4.69, 9.17) is 4.74 Å². The zero-order chi connectivity index (χ0) is 15.9.